The lowest BCUT2D eigenvalue weighted by atomic mass is 9.95. The zero-order valence-electron chi connectivity index (χ0n) is 15.3. The fourth-order valence-electron chi connectivity index (χ4n) is 2.98. The van der Waals surface area contributed by atoms with E-state index in [1.807, 2.05) is 52.0 Å². The number of hydrogen-bond donors (Lipinski definition) is 2. The Labute approximate surface area is 157 Å². The van der Waals surface area contributed by atoms with E-state index in [9.17, 15) is 4.79 Å². The summed E-state index contributed by atoms with van der Waals surface area (Å²) in [7, 11) is 0. The highest BCUT2D eigenvalue weighted by Crippen LogP contribution is 2.36. The second-order valence-corrected chi connectivity index (χ2v) is 7.50. The van der Waals surface area contributed by atoms with Crippen LogP contribution in [0.2, 0.25) is 0 Å². The van der Waals surface area contributed by atoms with E-state index >= 15 is 0 Å². The molecule has 1 aromatic carbocycles. The summed E-state index contributed by atoms with van der Waals surface area (Å²) in [6.45, 7) is 7.81. The molecule has 0 fully saturated rings. The first-order chi connectivity index (χ1) is 12.4. The molecule has 2 aromatic rings. The summed E-state index contributed by atoms with van der Waals surface area (Å²) in [5.41, 5.74) is 7.72. The number of primary amides is 1. The van der Waals surface area contributed by atoms with Crippen molar-refractivity contribution in [1.29, 1.82) is 0 Å². The molecule has 0 saturated heterocycles. The summed E-state index contributed by atoms with van der Waals surface area (Å²) in [5, 5.41) is 8.38. The Balaban J connectivity index is 2.11. The Kier molecular flexibility index (Phi) is 5.22. The fraction of sp³-hybridized carbons (Fsp3) is 0.389. The molecule has 1 aromatic heterocycles. The zero-order chi connectivity index (χ0) is 18.8. The first kappa shape index (κ1) is 18.3. The first-order valence-corrected chi connectivity index (χ1v) is 9.52. The SMILES string of the molecule is CCSc1nc2n(n1)C(c1cccc(OC(C)C)c1)C(C(N)=O)=C(C)N2. The highest BCUT2D eigenvalue weighted by atomic mass is 32.2. The van der Waals surface area contributed by atoms with E-state index in [4.69, 9.17) is 10.5 Å². The largest absolute Gasteiger partial charge is 0.491 e. The van der Waals surface area contributed by atoms with Crippen molar-refractivity contribution >= 4 is 23.6 Å². The third kappa shape index (κ3) is 3.55. The maximum Gasteiger partial charge on any atom is 0.248 e. The van der Waals surface area contributed by atoms with Crippen molar-refractivity contribution in [1.82, 2.24) is 14.8 Å². The van der Waals surface area contributed by atoms with Gasteiger partial charge in [0, 0.05) is 5.70 Å². The molecule has 8 heteroatoms. The third-order valence-electron chi connectivity index (χ3n) is 3.92. The molecule has 0 spiro atoms. The highest BCUT2D eigenvalue weighted by molar-refractivity contribution is 7.99. The van der Waals surface area contributed by atoms with Gasteiger partial charge in [-0.25, -0.2) is 4.68 Å². The number of nitrogens with zero attached hydrogens (tertiary/aromatic N) is 3. The van der Waals surface area contributed by atoms with Gasteiger partial charge in [0.2, 0.25) is 17.0 Å². The molecule has 3 N–H and O–H groups in total. The van der Waals surface area contributed by atoms with Crippen molar-refractivity contribution in [3.8, 4) is 5.75 Å². The lowest BCUT2D eigenvalue weighted by Gasteiger charge is -2.28. The second-order valence-electron chi connectivity index (χ2n) is 6.27. The van der Waals surface area contributed by atoms with E-state index in [-0.39, 0.29) is 6.10 Å². The van der Waals surface area contributed by atoms with Gasteiger partial charge in [-0.3, -0.25) is 4.79 Å². The smallest absolute Gasteiger partial charge is 0.248 e. The Morgan fingerprint density at radius 2 is 2.23 bits per heavy atom. The number of nitrogens with one attached hydrogen (secondary N) is 1. The quantitative estimate of drug-likeness (QED) is 0.756. The van der Waals surface area contributed by atoms with E-state index in [2.05, 4.69) is 15.4 Å². The van der Waals surface area contributed by atoms with Crippen molar-refractivity contribution in [2.75, 3.05) is 11.1 Å². The predicted octanol–water partition coefficient (Wildman–Crippen LogP) is 2.95. The summed E-state index contributed by atoms with van der Waals surface area (Å²) in [4.78, 5) is 16.7. The number of carbonyl (C=O) groups is 1. The lowest BCUT2D eigenvalue weighted by Crippen LogP contribution is -2.31. The van der Waals surface area contributed by atoms with Crippen LogP contribution < -0.4 is 15.8 Å². The number of thioether (sulfide) groups is 1. The average Bonchev–Trinajstić information content (AvgIpc) is 2.95. The van der Waals surface area contributed by atoms with Crippen LogP contribution >= 0.6 is 11.8 Å². The normalized spacial score (nSPS) is 16.4. The minimum atomic E-state index is -0.485. The van der Waals surface area contributed by atoms with Gasteiger partial charge in [-0.05, 0) is 44.2 Å². The molecular formula is C18H23N5O2S. The molecule has 0 saturated carbocycles. The molecule has 1 unspecified atom stereocenters. The van der Waals surface area contributed by atoms with Crippen LogP contribution in [0, 0.1) is 0 Å². The number of aromatic nitrogens is 3. The summed E-state index contributed by atoms with van der Waals surface area (Å²) in [6, 6.07) is 7.22. The van der Waals surface area contributed by atoms with E-state index in [0.29, 0.717) is 22.4 Å². The number of benzene rings is 1. The van der Waals surface area contributed by atoms with Crippen LogP contribution in [-0.4, -0.2) is 32.5 Å². The van der Waals surface area contributed by atoms with Crippen LogP contribution in [0.15, 0.2) is 40.7 Å². The zero-order valence-corrected chi connectivity index (χ0v) is 16.1. The van der Waals surface area contributed by atoms with Crippen LogP contribution in [0.25, 0.3) is 0 Å². The standard InChI is InChI=1S/C18H23N5O2S/c1-5-26-18-21-17-20-11(4)14(16(19)24)15(23(17)22-18)12-7-6-8-13(9-12)25-10(2)3/h6-10,15H,5H2,1-4H3,(H2,19,24)(H,20,21,22). The minimum Gasteiger partial charge on any atom is -0.491 e. The van der Waals surface area contributed by atoms with Crippen molar-refractivity contribution < 1.29 is 9.53 Å². The monoisotopic (exact) mass is 373 g/mol. The fourth-order valence-corrected chi connectivity index (χ4v) is 3.53. The van der Waals surface area contributed by atoms with Crippen molar-refractivity contribution in [3.63, 3.8) is 0 Å². The maximum absolute atomic E-state index is 12.2. The summed E-state index contributed by atoms with van der Waals surface area (Å²) in [5.74, 6) is 1.72. The van der Waals surface area contributed by atoms with Crippen LogP contribution in [0.3, 0.4) is 0 Å². The predicted molar refractivity (Wildman–Crippen MR) is 102 cm³/mol. The number of amides is 1. The van der Waals surface area contributed by atoms with Crippen LogP contribution in [0.1, 0.15) is 39.3 Å². The molecule has 2 heterocycles. The van der Waals surface area contributed by atoms with E-state index in [1.165, 1.54) is 0 Å². The molecule has 138 valence electrons. The Hall–Kier alpha value is -2.48. The van der Waals surface area contributed by atoms with Crippen LogP contribution in [-0.2, 0) is 4.79 Å². The Bertz CT molecular complexity index is 859. The van der Waals surface area contributed by atoms with Crippen LogP contribution in [0.4, 0.5) is 5.95 Å². The number of rotatable bonds is 6. The van der Waals surface area contributed by atoms with Gasteiger partial charge >= 0.3 is 0 Å². The summed E-state index contributed by atoms with van der Waals surface area (Å²) >= 11 is 1.55. The Morgan fingerprint density at radius 3 is 2.88 bits per heavy atom. The van der Waals surface area contributed by atoms with Gasteiger partial charge in [0.05, 0.1) is 11.7 Å². The van der Waals surface area contributed by atoms with Crippen LogP contribution in [0.5, 0.6) is 5.75 Å². The van der Waals surface area contributed by atoms with Crippen molar-refractivity contribution in [3.05, 3.63) is 41.1 Å². The molecule has 26 heavy (non-hydrogen) atoms. The van der Waals surface area contributed by atoms with Gasteiger partial charge in [-0.1, -0.05) is 30.8 Å². The second kappa shape index (κ2) is 7.41. The topological polar surface area (TPSA) is 95.1 Å². The number of fused-ring (bicyclic) bond motifs is 1. The molecule has 1 aliphatic heterocycles. The number of nitrogens with two attached hydrogens (primary N) is 1. The number of carbonyl (C=O) groups excluding carboxylic acids is 1. The van der Waals surface area contributed by atoms with Gasteiger partial charge in [-0.15, -0.1) is 5.10 Å². The molecule has 1 amide bonds. The summed E-state index contributed by atoms with van der Waals surface area (Å²) < 4.78 is 7.52. The summed E-state index contributed by atoms with van der Waals surface area (Å²) in [6.07, 6.45) is 0.0562. The Morgan fingerprint density at radius 1 is 1.46 bits per heavy atom. The molecule has 1 atom stereocenters. The number of ether oxygens (including phenoxy) is 1. The van der Waals surface area contributed by atoms with Gasteiger partial charge in [0.25, 0.3) is 0 Å². The molecule has 1 aliphatic rings. The molecule has 3 rings (SSSR count). The number of anilines is 1. The maximum atomic E-state index is 12.2. The van der Waals surface area contributed by atoms with Crippen molar-refractivity contribution in [2.45, 2.75) is 45.0 Å². The minimum absolute atomic E-state index is 0.0562. The van der Waals surface area contributed by atoms with Gasteiger partial charge in [0.15, 0.2) is 0 Å². The lowest BCUT2D eigenvalue weighted by molar-refractivity contribution is -0.115. The van der Waals surface area contributed by atoms with Gasteiger partial charge < -0.3 is 15.8 Å². The first-order valence-electron chi connectivity index (χ1n) is 8.54. The molecule has 0 bridgehead atoms. The number of allylic oxidation sites excluding steroid dienone is 1. The van der Waals surface area contributed by atoms with E-state index in [0.717, 1.165) is 17.1 Å². The van der Waals surface area contributed by atoms with E-state index < -0.39 is 11.9 Å². The van der Waals surface area contributed by atoms with E-state index in [1.54, 1.807) is 16.4 Å². The van der Waals surface area contributed by atoms with Gasteiger partial charge in [-0.2, -0.15) is 4.98 Å². The highest BCUT2D eigenvalue weighted by Gasteiger charge is 2.33. The molecule has 0 aliphatic carbocycles. The molecule has 0 radical (unpaired) electrons. The average molecular weight is 373 g/mol. The third-order valence-corrected chi connectivity index (χ3v) is 4.64. The number of hydrogen-bond acceptors (Lipinski definition) is 6. The molecule has 7 nitrogen and oxygen atoms in total. The molecular weight excluding hydrogens is 350 g/mol. The van der Waals surface area contributed by atoms with Gasteiger partial charge in [0.1, 0.15) is 11.8 Å². The van der Waals surface area contributed by atoms with Crippen molar-refractivity contribution in [2.24, 2.45) is 5.73 Å².